The fraction of sp³-hybridized carbons (Fsp3) is 0.0667. The Kier molecular flexibility index (Phi) is 2.76. The third-order valence-electron chi connectivity index (χ3n) is 3.06. The lowest BCUT2D eigenvalue weighted by atomic mass is 10.2. The number of hydrogen-bond donors (Lipinski definition) is 1. The van der Waals surface area contributed by atoms with Crippen LogP contribution in [0.3, 0.4) is 0 Å². The van der Waals surface area contributed by atoms with Gasteiger partial charge in [0.25, 0.3) is 0 Å². The van der Waals surface area contributed by atoms with Crippen LogP contribution in [0.2, 0.25) is 0 Å². The molecule has 3 rings (SSSR count). The molecular formula is C15H12N2O2. The van der Waals surface area contributed by atoms with Crippen molar-refractivity contribution >= 4 is 17.0 Å². The Balaban J connectivity index is 2.11. The zero-order valence-corrected chi connectivity index (χ0v) is 10.2. The molecule has 2 aromatic heterocycles. The van der Waals surface area contributed by atoms with Gasteiger partial charge in [-0.3, -0.25) is 4.98 Å². The maximum absolute atomic E-state index is 11.2. The van der Waals surface area contributed by atoms with Gasteiger partial charge >= 0.3 is 5.97 Å². The van der Waals surface area contributed by atoms with Gasteiger partial charge in [-0.2, -0.15) is 0 Å². The van der Waals surface area contributed by atoms with E-state index in [4.69, 9.17) is 0 Å². The Morgan fingerprint density at radius 1 is 1.16 bits per heavy atom. The van der Waals surface area contributed by atoms with E-state index < -0.39 is 5.97 Å². The number of nitrogens with zero attached hydrogens (tertiary/aromatic N) is 2. The van der Waals surface area contributed by atoms with E-state index in [1.807, 2.05) is 47.0 Å². The molecular weight excluding hydrogens is 240 g/mol. The minimum Gasteiger partial charge on any atom is -0.478 e. The largest absolute Gasteiger partial charge is 0.478 e. The standard InChI is InChI=1S/C15H12N2O2/c18-15(19)12-10-17(9-11-5-2-1-3-6-11)13-7-4-8-16-14(12)13/h1-8,10H,9H2,(H,18,19). The van der Waals surface area contributed by atoms with Crippen LogP contribution in [0, 0.1) is 0 Å². The summed E-state index contributed by atoms with van der Waals surface area (Å²) < 4.78 is 1.92. The Morgan fingerprint density at radius 3 is 2.68 bits per heavy atom. The molecule has 0 fully saturated rings. The molecule has 0 saturated heterocycles. The van der Waals surface area contributed by atoms with Gasteiger partial charge in [0, 0.05) is 18.9 Å². The molecule has 0 spiro atoms. The van der Waals surface area contributed by atoms with Gasteiger partial charge < -0.3 is 9.67 Å². The quantitative estimate of drug-likeness (QED) is 0.779. The molecule has 1 N–H and O–H groups in total. The van der Waals surface area contributed by atoms with E-state index in [1.54, 1.807) is 12.4 Å². The summed E-state index contributed by atoms with van der Waals surface area (Å²) in [6.07, 6.45) is 3.26. The number of carboxylic acid groups (broad SMARTS) is 1. The van der Waals surface area contributed by atoms with Gasteiger partial charge in [0.15, 0.2) is 0 Å². The van der Waals surface area contributed by atoms with E-state index in [2.05, 4.69) is 4.98 Å². The van der Waals surface area contributed by atoms with Crippen molar-refractivity contribution in [2.24, 2.45) is 0 Å². The van der Waals surface area contributed by atoms with Crippen molar-refractivity contribution < 1.29 is 9.90 Å². The minimum absolute atomic E-state index is 0.242. The van der Waals surface area contributed by atoms with Gasteiger partial charge in [-0.1, -0.05) is 30.3 Å². The summed E-state index contributed by atoms with van der Waals surface area (Å²) in [7, 11) is 0. The summed E-state index contributed by atoms with van der Waals surface area (Å²) in [5.41, 5.74) is 2.74. The molecule has 0 amide bonds. The summed E-state index contributed by atoms with van der Waals surface area (Å²) in [4.78, 5) is 15.4. The van der Waals surface area contributed by atoms with Crippen molar-refractivity contribution in [3.8, 4) is 0 Å². The number of pyridine rings is 1. The number of hydrogen-bond acceptors (Lipinski definition) is 2. The second-order valence-electron chi connectivity index (χ2n) is 4.33. The molecule has 0 saturated carbocycles. The number of aromatic nitrogens is 2. The summed E-state index contributed by atoms with van der Waals surface area (Å²) in [6, 6.07) is 13.6. The highest BCUT2D eigenvalue weighted by molar-refractivity contribution is 6.01. The second-order valence-corrected chi connectivity index (χ2v) is 4.33. The molecule has 19 heavy (non-hydrogen) atoms. The van der Waals surface area contributed by atoms with E-state index >= 15 is 0 Å². The molecule has 2 heterocycles. The van der Waals surface area contributed by atoms with Crippen LogP contribution in [0.15, 0.2) is 54.9 Å². The van der Waals surface area contributed by atoms with Crippen LogP contribution in [0.1, 0.15) is 15.9 Å². The average Bonchev–Trinajstić information content (AvgIpc) is 2.79. The van der Waals surface area contributed by atoms with Crippen molar-refractivity contribution in [1.82, 2.24) is 9.55 Å². The lowest BCUT2D eigenvalue weighted by Gasteiger charge is -2.04. The molecule has 0 aliphatic rings. The molecule has 1 aromatic carbocycles. The first-order valence-corrected chi connectivity index (χ1v) is 5.97. The number of carbonyl (C=O) groups is 1. The molecule has 4 nitrogen and oxygen atoms in total. The molecule has 0 aliphatic carbocycles. The van der Waals surface area contributed by atoms with E-state index in [0.717, 1.165) is 11.1 Å². The van der Waals surface area contributed by atoms with Gasteiger partial charge in [-0.15, -0.1) is 0 Å². The monoisotopic (exact) mass is 252 g/mol. The van der Waals surface area contributed by atoms with Gasteiger partial charge in [0.05, 0.1) is 5.52 Å². The number of benzene rings is 1. The molecule has 0 bridgehead atoms. The SMILES string of the molecule is O=C(O)c1cn(Cc2ccccc2)c2cccnc12. The molecule has 3 aromatic rings. The van der Waals surface area contributed by atoms with Crippen LogP contribution in [0.4, 0.5) is 0 Å². The molecule has 0 aliphatic heterocycles. The maximum Gasteiger partial charge on any atom is 0.339 e. The van der Waals surface area contributed by atoms with Gasteiger partial charge in [-0.25, -0.2) is 4.79 Å². The molecule has 0 atom stereocenters. The molecule has 94 valence electrons. The predicted molar refractivity (Wildman–Crippen MR) is 72.2 cm³/mol. The predicted octanol–water partition coefficient (Wildman–Crippen LogP) is 2.78. The van der Waals surface area contributed by atoms with Crippen molar-refractivity contribution in [2.75, 3.05) is 0 Å². The third kappa shape index (κ3) is 2.08. The highest BCUT2D eigenvalue weighted by atomic mass is 16.4. The number of aromatic carboxylic acids is 1. The zero-order chi connectivity index (χ0) is 13.2. The Morgan fingerprint density at radius 2 is 1.95 bits per heavy atom. The maximum atomic E-state index is 11.2. The highest BCUT2D eigenvalue weighted by Crippen LogP contribution is 2.20. The fourth-order valence-electron chi connectivity index (χ4n) is 2.19. The van der Waals surface area contributed by atoms with E-state index in [1.165, 1.54) is 0 Å². The van der Waals surface area contributed by atoms with Gasteiger partial charge in [0.2, 0.25) is 0 Å². The number of fused-ring (bicyclic) bond motifs is 1. The molecule has 0 radical (unpaired) electrons. The van der Waals surface area contributed by atoms with Crippen molar-refractivity contribution in [3.05, 3.63) is 66.0 Å². The first-order chi connectivity index (χ1) is 9.25. The van der Waals surface area contributed by atoms with Crippen molar-refractivity contribution in [3.63, 3.8) is 0 Å². The lowest BCUT2D eigenvalue weighted by molar-refractivity contribution is 0.0698. The normalized spacial score (nSPS) is 10.7. The van der Waals surface area contributed by atoms with E-state index in [-0.39, 0.29) is 5.56 Å². The molecule has 4 heteroatoms. The Labute approximate surface area is 109 Å². The number of rotatable bonds is 3. The highest BCUT2D eigenvalue weighted by Gasteiger charge is 2.14. The van der Waals surface area contributed by atoms with Crippen LogP contribution in [-0.4, -0.2) is 20.6 Å². The van der Waals surface area contributed by atoms with Crippen LogP contribution >= 0.6 is 0 Å². The lowest BCUT2D eigenvalue weighted by Crippen LogP contribution is -1.98. The fourth-order valence-corrected chi connectivity index (χ4v) is 2.19. The second kappa shape index (κ2) is 4.57. The van der Waals surface area contributed by atoms with Crippen LogP contribution in [0.25, 0.3) is 11.0 Å². The van der Waals surface area contributed by atoms with E-state index in [0.29, 0.717) is 12.1 Å². The smallest absolute Gasteiger partial charge is 0.339 e. The number of carboxylic acids is 1. The summed E-state index contributed by atoms with van der Waals surface area (Å²) in [5.74, 6) is -0.949. The topological polar surface area (TPSA) is 55.1 Å². The third-order valence-corrected chi connectivity index (χ3v) is 3.06. The zero-order valence-electron chi connectivity index (χ0n) is 10.2. The Hall–Kier alpha value is -2.62. The summed E-state index contributed by atoms with van der Waals surface area (Å²) in [6.45, 7) is 0.635. The van der Waals surface area contributed by atoms with Crippen LogP contribution < -0.4 is 0 Å². The summed E-state index contributed by atoms with van der Waals surface area (Å²) >= 11 is 0. The van der Waals surface area contributed by atoms with Gasteiger partial charge in [0.1, 0.15) is 11.1 Å². The van der Waals surface area contributed by atoms with Crippen molar-refractivity contribution in [2.45, 2.75) is 6.54 Å². The first-order valence-electron chi connectivity index (χ1n) is 5.97. The molecule has 0 unspecified atom stereocenters. The minimum atomic E-state index is -0.949. The average molecular weight is 252 g/mol. The van der Waals surface area contributed by atoms with Crippen LogP contribution in [-0.2, 0) is 6.54 Å². The van der Waals surface area contributed by atoms with Crippen molar-refractivity contribution in [1.29, 1.82) is 0 Å². The first kappa shape index (κ1) is 11.5. The van der Waals surface area contributed by atoms with Crippen LogP contribution in [0.5, 0.6) is 0 Å². The van der Waals surface area contributed by atoms with E-state index in [9.17, 15) is 9.90 Å². The summed E-state index contributed by atoms with van der Waals surface area (Å²) in [5, 5.41) is 9.21. The Bertz CT molecular complexity index is 732. The van der Waals surface area contributed by atoms with Gasteiger partial charge in [-0.05, 0) is 17.7 Å².